The number of ether oxygens (including phenoxy) is 1. The van der Waals surface area contributed by atoms with E-state index in [4.69, 9.17) is 4.74 Å². The lowest BCUT2D eigenvalue weighted by Crippen LogP contribution is -2.40. The topological polar surface area (TPSA) is 76.4 Å². The Morgan fingerprint density at radius 1 is 1.31 bits per heavy atom. The van der Waals surface area contributed by atoms with Crippen molar-refractivity contribution in [1.82, 2.24) is 24.6 Å². The van der Waals surface area contributed by atoms with Crippen LogP contribution in [-0.4, -0.2) is 81.5 Å². The molecule has 0 unspecified atom stereocenters. The van der Waals surface area contributed by atoms with E-state index in [2.05, 4.69) is 31.1 Å². The highest BCUT2D eigenvalue weighted by Gasteiger charge is 2.38. The van der Waals surface area contributed by atoms with E-state index in [1.807, 2.05) is 11.8 Å². The van der Waals surface area contributed by atoms with Crippen LogP contribution in [0.1, 0.15) is 12.8 Å². The van der Waals surface area contributed by atoms with Crippen molar-refractivity contribution in [3.63, 3.8) is 0 Å². The molecule has 2 atom stereocenters. The number of aromatic nitrogens is 4. The minimum absolute atomic E-state index is 0.0558. The van der Waals surface area contributed by atoms with Gasteiger partial charge in [0, 0.05) is 24.4 Å². The second-order valence-corrected chi connectivity index (χ2v) is 7.88. The highest BCUT2D eigenvalue weighted by molar-refractivity contribution is 7.99. The summed E-state index contributed by atoms with van der Waals surface area (Å²) in [5, 5.41) is 5.78. The van der Waals surface area contributed by atoms with Crippen LogP contribution in [0.2, 0.25) is 0 Å². The van der Waals surface area contributed by atoms with Gasteiger partial charge in [-0.2, -0.15) is 16.9 Å². The van der Waals surface area contributed by atoms with Crippen molar-refractivity contribution in [2.24, 2.45) is 0 Å². The Morgan fingerprint density at radius 3 is 2.85 bits per heavy atom. The lowest BCUT2D eigenvalue weighted by Gasteiger charge is -2.27. The maximum atomic E-state index is 11.6. The number of carbonyl (C=O) groups is 1. The van der Waals surface area contributed by atoms with E-state index in [0.717, 1.165) is 24.3 Å². The quantitative estimate of drug-likeness (QED) is 0.716. The molecular weight excluding hydrogens is 352 g/mol. The first-order valence-corrected chi connectivity index (χ1v) is 10.2. The van der Waals surface area contributed by atoms with Crippen molar-refractivity contribution in [1.29, 1.82) is 0 Å². The Morgan fingerprint density at radius 2 is 2.12 bits per heavy atom. The summed E-state index contributed by atoms with van der Waals surface area (Å²) >= 11 is 1.94. The van der Waals surface area contributed by atoms with E-state index < -0.39 is 0 Å². The smallest absolute Gasteiger partial charge is 0.327 e. The van der Waals surface area contributed by atoms with Crippen molar-refractivity contribution in [2.75, 3.05) is 44.4 Å². The summed E-state index contributed by atoms with van der Waals surface area (Å²) in [6.45, 7) is 4.40. The largest absolute Gasteiger partial charge is 0.468 e. The molecule has 2 aliphatic heterocycles. The normalized spacial score (nSPS) is 23.8. The molecule has 0 spiro atoms. The predicted molar refractivity (Wildman–Crippen MR) is 101 cm³/mol. The van der Waals surface area contributed by atoms with Gasteiger partial charge in [-0.15, -0.1) is 0 Å². The van der Waals surface area contributed by atoms with Crippen LogP contribution < -0.4 is 4.90 Å². The Labute approximate surface area is 156 Å². The maximum absolute atomic E-state index is 11.6. The van der Waals surface area contributed by atoms with Crippen molar-refractivity contribution in [2.45, 2.75) is 30.7 Å². The minimum atomic E-state index is -0.340. The molecule has 2 saturated heterocycles. The van der Waals surface area contributed by atoms with E-state index in [-0.39, 0.29) is 12.5 Å². The molecule has 0 saturated carbocycles. The van der Waals surface area contributed by atoms with E-state index in [1.54, 1.807) is 17.2 Å². The molecule has 4 rings (SSSR count). The fraction of sp³-hybridized carbons (Fsp3) is 0.647. The van der Waals surface area contributed by atoms with Gasteiger partial charge in [0.1, 0.15) is 18.7 Å². The van der Waals surface area contributed by atoms with Crippen molar-refractivity contribution in [3.05, 3.63) is 12.5 Å². The summed E-state index contributed by atoms with van der Waals surface area (Å²) in [6, 6.07) is 0.558. The number of hydrogen-bond donors (Lipinski definition) is 0. The van der Waals surface area contributed by atoms with Gasteiger partial charge in [-0.3, -0.25) is 9.69 Å². The molecule has 2 fully saturated rings. The summed E-state index contributed by atoms with van der Waals surface area (Å²) in [7, 11) is 1.37. The molecule has 0 radical (unpaired) electrons. The zero-order valence-corrected chi connectivity index (χ0v) is 16.0. The van der Waals surface area contributed by atoms with Crippen LogP contribution in [-0.2, 0) is 16.1 Å². The number of nitrogens with zero attached hydrogens (tertiary/aromatic N) is 6. The van der Waals surface area contributed by atoms with Crippen molar-refractivity contribution < 1.29 is 9.53 Å². The number of carbonyl (C=O) groups excluding carboxylic acids is 1. The number of esters is 1. The fourth-order valence-electron chi connectivity index (χ4n) is 4.02. The number of thioether (sulfide) groups is 1. The van der Waals surface area contributed by atoms with Crippen molar-refractivity contribution >= 4 is 34.6 Å². The van der Waals surface area contributed by atoms with Gasteiger partial charge in [0.15, 0.2) is 5.65 Å². The summed E-state index contributed by atoms with van der Waals surface area (Å²) in [5.41, 5.74) is 0.672. The van der Waals surface area contributed by atoms with Crippen LogP contribution in [0.4, 0.5) is 5.82 Å². The molecule has 9 heteroatoms. The Hall–Kier alpha value is -1.87. The molecule has 8 nitrogen and oxygen atoms in total. The highest BCUT2D eigenvalue weighted by atomic mass is 32.2. The van der Waals surface area contributed by atoms with Crippen LogP contribution in [0.15, 0.2) is 12.5 Å². The molecule has 26 heavy (non-hydrogen) atoms. The maximum Gasteiger partial charge on any atom is 0.327 e. The first-order valence-electron chi connectivity index (χ1n) is 8.96. The van der Waals surface area contributed by atoms with Gasteiger partial charge in [-0.1, -0.05) is 0 Å². The van der Waals surface area contributed by atoms with Crippen LogP contribution >= 0.6 is 11.8 Å². The third-order valence-corrected chi connectivity index (χ3v) is 6.44. The second kappa shape index (κ2) is 7.40. The van der Waals surface area contributed by atoms with E-state index in [0.29, 0.717) is 16.9 Å². The molecule has 2 aromatic heterocycles. The number of rotatable bonds is 5. The zero-order chi connectivity index (χ0) is 18.1. The average Bonchev–Trinajstić information content (AvgIpc) is 3.40. The molecule has 140 valence electrons. The fourth-order valence-corrected chi connectivity index (χ4v) is 4.92. The first-order chi connectivity index (χ1) is 12.7. The molecule has 0 amide bonds. The number of hydrogen-bond acceptors (Lipinski definition) is 8. The number of fused-ring (bicyclic) bond motifs is 1. The van der Waals surface area contributed by atoms with Crippen LogP contribution in [0.5, 0.6) is 0 Å². The molecule has 0 N–H and O–H groups in total. The van der Waals surface area contributed by atoms with Crippen LogP contribution in [0.25, 0.3) is 11.0 Å². The summed E-state index contributed by atoms with van der Waals surface area (Å²) in [4.78, 5) is 25.4. The third kappa shape index (κ3) is 3.14. The minimum Gasteiger partial charge on any atom is -0.468 e. The van der Waals surface area contributed by atoms with Gasteiger partial charge in [0.05, 0.1) is 18.7 Å². The van der Waals surface area contributed by atoms with Gasteiger partial charge >= 0.3 is 5.97 Å². The van der Waals surface area contributed by atoms with Crippen LogP contribution in [0.3, 0.4) is 0 Å². The number of anilines is 1. The molecule has 0 aromatic carbocycles. The summed E-state index contributed by atoms with van der Waals surface area (Å²) in [6.07, 6.45) is 8.11. The second-order valence-electron chi connectivity index (χ2n) is 6.80. The molecule has 0 bridgehead atoms. The lowest BCUT2D eigenvalue weighted by atomic mass is 10.2. The van der Waals surface area contributed by atoms with Gasteiger partial charge in [0.25, 0.3) is 0 Å². The number of likely N-dealkylation sites (tertiary alicyclic amines) is 1. The van der Waals surface area contributed by atoms with Gasteiger partial charge in [-0.25, -0.2) is 14.6 Å². The molecule has 0 aliphatic carbocycles. The summed E-state index contributed by atoms with van der Waals surface area (Å²) in [5.74, 6) is 0.569. The summed E-state index contributed by atoms with van der Waals surface area (Å²) < 4.78 is 6.32. The molecular formula is C17H24N6O2S. The highest BCUT2D eigenvalue weighted by Crippen LogP contribution is 2.32. The van der Waals surface area contributed by atoms with Crippen molar-refractivity contribution in [3.8, 4) is 0 Å². The lowest BCUT2D eigenvalue weighted by molar-refractivity contribution is -0.141. The zero-order valence-electron chi connectivity index (χ0n) is 15.2. The number of methoxy groups -OCH3 is 1. The van der Waals surface area contributed by atoms with Gasteiger partial charge < -0.3 is 9.64 Å². The molecule has 2 aliphatic rings. The first kappa shape index (κ1) is 17.5. The van der Waals surface area contributed by atoms with E-state index in [9.17, 15) is 4.79 Å². The average molecular weight is 376 g/mol. The van der Waals surface area contributed by atoms with E-state index >= 15 is 0 Å². The monoisotopic (exact) mass is 376 g/mol. The Bertz CT molecular complexity index is 791. The van der Waals surface area contributed by atoms with Gasteiger partial charge in [-0.05, 0) is 32.2 Å². The predicted octanol–water partition coefficient (Wildman–Crippen LogP) is 1.02. The SMILES string of the molecule is COC(=O)Cn1ncc2c(N3C[C@@H](SC)[C@@H](N4CCCC4)C3)ncnc21. The molecule has 2 aromatic rings. The molecule has 4 heterocycles. The standard InChI is InChI=1S/C17H24N6O2S/c1-25-15(24)10-23-17-12(7-20-23)16(18-11-19-17)22-8-13(14(9-22)26-2)21-5-3-4-6-21/h7,11,13-14H,3-6,8-10H2,1-2H3/t13-,14+/m0/s1. The van der Waals surface area contributed by atoms with E-state index in [1.165, 1.54) is 33.0 Å². The van der Waals surface area contributed by atoms with Crippen LogP contribution in [0, 0.1) is 0 Å². The third-order valence-electron chi connectivity index (χ3n) is 5.37. The Kier molecular flexibility index (Phi) is 4.99. The van der Waals surface area contributed by atoms with Gasteiger partial charge in [0.2, 0.25) is 0 Å². The Balaban J connectivity index is 1.61.